The fourth-order valence-electron chi connectivity index (χ4n) is 7.39. The van der Waals surface area contributed by atoms with E-state index >= 15 is 0 Å². The Balaban J connectivity index is 1.15. The molecule has 0 aromatic heterocycles. The fourth-order valence-corrected chi connectivity index (χ4v) is 7.39. The SMILES string of the molecule is CC1=NC(=O)N(C(=O)C2CCCC2)C(c2ccccc2[N+](=O)[O-])C1C(=O)OCCN1CCN(C(c2ccccc2)c2ccccc2)CC1. The van der Waals surface area contributed by atoms with E-state index < -0.39 is 40.7 Å². The molecule has 6 rings (SSSR count). The molecule has 0 N–H and O–H groups in total. The third-order valence-corrected chi connectivity index (χ3v) is 9.82. The molecule has 0 radical (unpaired) electrons. The van der Waals surface area contributed by atoms with Crippen molar-refractivity contribution in [2.24, 2.45) is 16.8 Å². The van der Waals surface area contributed by atoms with Crippen LogP contribution in [-0.2, 0) is 14.3 Å². The number of aliphatic imine (C=N–C) groups is 1. The maximum atomic E-state index is 13.8. The molecule has 2 heterocycles. The van der Waals surface area contributed by atoms with Crippen LogP contribution in [0.3, 0.4) is 0 Å². The van der Waals surface area contributed by atoms with Crippen molar-refractivity contribution in [2.45, 2.75) is 44.7 Å². The first-order valence-electron chi connectivity index (χ1n) is 16.7. The summed E-state index contributed by atoms with van der Waals surface area (Å²) >= 11 is 0. The first kappa shape index (κ1) is 33.2. The predicted molar refractivity (Wildman–Crippen MR) is 180 cm³/mol. The summed E-state index contributed by atoms with van der Waals surface area (Å²) in [7, 11) is 0. The van der Waals surface area contributed by atoms with E-state index in [0.29, 0.717) is 19.4 Å². The van der Waals surface area contributed by atoms with Crippen molar-refractivity contribution in [3.63, 3.8) is 0 Å². The number of hydrogen-bond donors (Lipinski definition) is 0. The summed E-state index contributed by atoms with van der Waals surface area (Å²) in [5, 5.41) is 12.1. The van der Waals surface area contributed by atoms with Crippen molar-refractivity contribution in [3.8, 4) is 0 Å². The van der Waals surface area contributed by atoms with Gasteiger partial charge in [0.1, 0.15) is 12.5 Å². The molecule has 11 nitrogen and oxygen atoms in total. The van der Waals surface area contributed by atoms with Crippen molar-refractivity contribution in [3.05, 3.63) is 112 Å². The number of ether oxygens (including phenoxy) is 1. The molecular formula is C37H41N5O6. The lowest BCUT2D eigenvalue weighted by Crippen LogP contribution is -2.51. The smallest absolute Gasteiger partial charge is 0.350 e. The van der Waals surface area contributed by atoms with E-state index in [4.69, 9.17) is 4.74 Å². The van der Waals surface area contributed by atoms with E-state index in [-0.39, 0.29) is 29.6 Å². The summed E-state index contributed by atoms with van der Waals surface area (Å²) in [6, 6.07) is 25.0. The Morgan fingerprint density at radius 3 is 2.08 bits per heavy atom. The van der Waals surface area contributed by atoms with Crippen LogP contribution in [0.1, 0.15) is 61.4 Å². The van der Waals surface area contributed by atoms with Gasteiger partial charge in [-0.3, -0.25) is 34.4 Å². The number of amides is 3. The Morgan fingerprint density at radius 2 is 1.48 bits per heavy atom. The minimum Gasteiger partial charge on any atom is -0.464 e. The fraction of sp³-hybridized carbons (Fsp3) is 0.405. The zero-order chi connectivity index (χ0) is 33.6. The van der Waals surface area contributed by atoms with E-state index in [1.807, 2.05) is 12.1 Å². The first-order chi connectivity index (χ1) is 23.3. The van der Waals surface area contributed by atoms with Crippen LogP contribution in [0.5, 0.6) is 0 Å². The number of benzene rings is 3. The Labute approximate surface area is 280 Å². The van der Waals surface area contributed by atoms with Crippen LogP contribution in [0, 0.1) is 22.0 Å². The molecule has 2 unspecified atom stereocenters. The van der Waals surface area contributed by atoms with Gasteiger partial charge in [-0.05, 0) is 30.9 Å². The molecule has 11 heteroatoms. The number of esters is 1. The number of nitro benzene ring substituents is 1. The molecule has 250 valence electrons. The number of hydrogen-bond acceptors (Lipinski definition) is 8. The second-order valence-corrected chi connectivity index (χ2v) is 12.7. The second-order valence-electron chi connectivity index (χ2n) is 12.7. The van der Waals surface area contributed by atoms with Crippen molar-refractivity contribution in [2.75, 3.05) is 39.3 Å². The lowest BCUT2D eigenvalue weighted by atomic mass is 9.85. The van der Waals surface area contributed by atoms with Gasteiger partial charge >= 0.3 is 12.0 Å². The number of piperazine rings is 1. The summed E-state index contributed by atoms with van der Waals surface area (Å²) in [5.74, 6) is -2.67. The highest BCUT2D eigenvalue weighted by molar-refractivity contribution is 6.12. The number of para-hydroxylation sites is 1. The maximum Gasteiger partial charge on any atom is 0.350 e. The van der Waals surface area contributed by atoms with Crippen LogP contribution in [0.2, 0.25) is 0 Å². The highest BCUT2D eigenvalue weighted by Gasteiger charge is 2.49. The highest BCUT2D eigenvalue weighted by atomic mass is 16.6. The van der Waals surface area contributed by atoms with Gasteiger partial charge in [-0.15, -0.1) is 0 Å². The van der Waals surface area contributed by atoms with E-state index in [2.05, 4.69) is 63.3 Å². The summed E-state index contributed by atoms with van der Waals surface area (Å²) < 4.78 is 5.81. The molecule has 0 bridgehead atoms. The van der Waals surface area contributed by atoms with Crippen LogP contribution < -0.4 is 0 Å². The largest absolute Gasteiger partial charge is 0.464 e. The number of nitro groups is 1. The van der Waals surface area contributed by atoms with Crippen molar-refractivity contribution < 1.29 is 24.0 Å². The molecular weight excluding hydrogens is 610 g/mol. The molecule has 3 aromatic rings. The van der Waals surface area contributed by atoms with E-state index in [9.17, 15) is 24.5 Å². The number of carbonyl (C=O) groups excluding carboxylic acids is 3. The molecule has 3 aromatic carbocycles. The van der Waals surface area contributed by atoms with Gasteiger partial charge in [-0.25, -0.2) is 9.79 Å². The molecule has 1 aliphatic carbocycles. The Bertz CT molecular complexity index is 1610. The topological polar surface area (TPSA) is 126 Å². The number of carbonyl (C=O) groups is 3. The van der Waals surface area contributed by atoms with Crippen LogP contribution in [0.25, 0.3) is 0 Å². The molecule has 2 fully saturated rings. The molecule has 0 spiro atoms. The van der Waals surface area contributed by atoms with Crippen LogP contribution in [0.4, 0.5) is 10.5 Å². The minimum absolute atomic E-state index is 0.0948. The average molecular weight is 652 g/mol. The monoisotopic (exact) mass is 651 g/mol. The molecule has 2 aliphatic heterocycles. The lowest BCUT2D eigenvalue weighted by molar-refractivity contribution is -0.386. The van der Waals surface area contributed by atoms with E-state index in [1.165, 1.54) is 36.2 Å². The lowest BCUT2D eigenvalue weighted by Gasteiger charge is -2.40. The Hall–Kier alpha value is -4.74. The Morgan fingerprint density at radius 1 is 0.896 bits per heavy atom. The van der Waals surface area contributed by atoms with Gasteiger partial charge in [0.25, 0.3) is 5.69 Å². The van der Waals surface area contributed by atoms with Gasteiger partial charge in [0, 0.05) is 50.4 Å². The third-order valence-electron chi connectivity index (χ3n) is 9.82. The van der Waals surface area contributed by atoms with Gasteiger partial charge < -0.3 is 4.74 Å². The van der Waals surface area contributed by atoms with Crippen molar-refractivity contribution >= 4 is 29.3 Å². The summed E-state index contributed by atoms with van der Waals surface area (Å²) in [6.07, 6.45) is 2.95. The summed E-state index contributed by atoms with van der Waals surface area (Å²) in [5.41, 5.74) is 2.49. The molecule has 1 saturated carbocycles. The van der Waals surface area contributed by atoms with Gasteiger partial charge in [0.2, 0.25) is 5.91 Å². The predicted octanol–water partition coefficient (Wildman–Crippen LogP) is 5.82. The van der Waals surface area contributed by atoms with Crippen molar-refractivity contribution in [1.29, 1.82) is 0 Å². The second kappa shape index (κ2) is 15.0. The van der Waals surface area contributed by atoms with Crippen LogP contribution in [-0.4, -0.2) is 82.6 Å². The van der Waals surface area contributed by atoms with E-state index in [1.54, 1.807) is 6.07 Å². The summed E-state index contributed by atoms with van der Waals surface area (Å²) in [6.45, 7) is 5.37. The van der Waals surface area contributed by atoms with Crippen LogP contribution in [0.15, 0.2) is 89.9 Å². The molecule has 2 atom stereocenters. The van der Waals surface area contributed by atoms with Gasteiger partial charge in [-0.2, -0.15) is 0 Å². The minimum atomic E-state index is -1.23. The number of imide groups is 1. The van der Waals surface area contributed by atoms with E-state index in [0.717, 1.165) is 43.9 Å². The van der Waals surface area contributed by atoms with Gasteiger partial charge in [-0.1, -0.05) is 91.7 Å². The molecule has 48 heavy (non-hydrogen) atoms. The Kier molecular flexibility index (Phi) is 10.4. The zero-order valence-electron chi connectivity index (χ0n) is 27.1. The number of rotatable bonds is 10. The molecule has 1 saturated heterocycles. The normalized spacial score (nSPS) is 20.9. The summed E-state index contributed by atoms with van der Waals surface area (Å²) in [4.78, 5) is 62.1. The van der Waals surface area contributed by atoms with Crippen molar-refractivity contribution in [1.82, 2.24) is 14.7 Å². The highest BCUT2D eigenvalue weighted by Crippen LogP contribution is 2.41. The maximum absolute atomic E-state index is 13.8. The molecule has 3 aliphatic rings. The zero-order valence-corrected chi connectivity index (χ0v) is 27.1. The number of urea groups is 1. The van der Waals surface area contributed by atoms with Crippen LogP contribution >= 0.6 is 0 Å². The first-order valence-corrected chi connectivity index (χ1v) is 16.7. The molecule has 3 amide bonds. The standard InChI is InChI=1S/C37H41N5O6/c1-26-32(34(30-18-10-11-19-31(30)42(46)47)41(37(45)38-26)35(43)29-16-8-9-17-29)36(44)48-25-24-39-20-22-40(23-21-39)33(27-12-4-2-5-13-27)28-14-6-3-7-15-28/h2-7,10-15,18-19,29,32-34H,8-9,16-17,20-25H2,1H3. The average Bonchev–Trinajstić information content (AvgIpc) is 3.65. The number of nitrogens with zero attached hydrogens (tertiary/aromatic N) is 5. The quantitative estimate of drug-likeness (QED) is 0.153. The van der Waals surface area contributed by atoms with Gasteiger partial charge in [0.05, 0.1) is 22.6 Å². The van der Waals surface area contributed by atoms with Gasteiger partial charge in [0.15, 0.2) is 0 Å². The third kappa shape index (κ3) is 7.07.